The maximum atomic E-state index is 14.1. The Labute approximate surface area is 212 Å². The molecule has 1 amide bonds. The Bertz CT molecular complexity index is 1060. The number of rotatable bonds is 8. The molecule has 0 aromatic carbocycles. The Morgan fingerprint density at radius 3 is 2.78 bits per heavy atom. The summed E-state index contributed by atoms with van der Waals surface area (Å²) < 4.78 is 5.48. The van der Waals surface area contributed by atoms with Gasteiger partial charge in [0.15, 0.2) is 5.66 Å². The van der Waals surface area contributed by atoms with Gasteiger partial charge in [-0.2, -0.15) is 5.43 Å². The van der Waals surface area contributed by atoms with Gasteiger partial charge in [0.2, 0.25) is 0 Å². The number of carbonyl (C=O) groups is 1. The summed E-state index contributed by atoms with van der Waals surface area (Å²) in [5.41, 5.74) is 5.59. The summed E-state index contributed by atoms with van der Waals surface area (Å²) in [5, 5.41) is 15.1. The highest BCUT2D eigenvalue weighted by Gasteiger charge is 2.42. The molecule has 0 bridgehead atoms. The lowest BCUT2D eigenvalue weighted by molar-refractivity contribution is 0.0533. The topological polar surface area (TPSA) is 132 Å². The summed E-state index contributed by atoms with van der Waals surface area (Å²) in [4.78, 5) is 25.5. The summed E-state index contributed by atoms with van der Waals surface area (Å²) >= 11 is 0. The van der Waals surface area contributed by atoms with E-state index in [4.69, 9.17) is 9.40 Å². The van der Waals surface area contributed by atoms with Gasteiger partial charge in [0.1, 0.15) is 23.0 Å². The Balaban J connectivity index is 1.63. The number of hydrogen-bond donors (Lipinski definition) is 4. The third-order valence-electron chi connectivity index (χ3n) is 6.70. The number of hydrazine groups is 1. The molecule has 1 saturated heterocycles. The van der Waals surface area contributed by atoms with Gasteiger partial charge in [-0.1, -0.05) is 39.8 Å². The molecule has 2 aromatic heterocycles. The molecule has 1 fully saturated rings. The van der Waals surface area contributed by atoms with E-state index in [1.54, 1.807) is 12.5 Å². The number of carbonyl (C=O) groups excluding carboxylic acids is 1. The lowest BCUT2D eigenvalue weighted by Crippen LogP contribution is -2.59. The fraction of sp³-hybridized carbons (Fsp3) is 0.640. The van der Waals surface area contributed by atoms with Crippen LogP contribution in [0.3, 0.4) is 0 Å². The highest BCUT2D eigenvalue weighted by molar-refractivity contribution is 5.98. The summed E-state index contributed by atoms with van der Waals surface area (Å²) in [5.74, 6) is 2.34. The van der Waals surface area contributed by atoms with E-state index in [2.05, 4.69) is 71.5 Å². The summed E-state index contributed by atoms with van der Waals surface area (Å²) in [6.45, 7) is 15.0. The maximum Gasteiger partial charge on any atom is 0.259 e. The van der Waals surface area contributed by atoms with Crippen LogP contribution in [0.5, 0.6) is 0 Å². The van der Waals surface area contributed by atoms with E-state index in [9.17, 15) is 4.79 Å². The number of aromatic nitrogens is 2. The molecular formula is C25H39N9O2. The SMILES string of the molecule is CC(C)CN(C(=O)c1cnc(C(C)(C)C)nc1NCc1ccco1)C1CNCC([C@@]2(C)N=NNN2)C1. The zero-order chi connectivity index (χ0) is 25.9. The minimum absolute atomic E-state index is 0.00621. The second-order valence-corrected chi connectivity index (χ2v) is 11.3. The van der Waals surface area contributed by atoms with Crippen molar-refractivity contribution < 1.29 is 9.21 Å². The fourth-order valence-electron chi connectivity index (χ4n) is 4.63. The Morgan fingerprint density at radius 1 is 1.33 bits per heavy atom. The van der Waals surface area contributed by atoms with Crippen LogP contribution in [0.15, 0.2) is 39.3 Å². The molecule has 2 unspecified atom stereocenters. The summed E-state index contributed by atoms with van der Waals surface area (Å²) in [6.07, 6.45) is 4.10. The summed E-state index contributed by atoms with van der Waals surface area (Å²) in [7, 11) is 0. The summed E-state index contributed by atoms with van der Waals surface area (Å²) in [6, 6.07) is 3.73. The van der Waals surface area contributed by atoms with Crippen LogP contribution in [0.1, 0.15) is 69.9 Å². The van der Waals surface area contributed by atoms with Crippen LogP contribution >= 0.6 is 0 Å². The molecular weight excluding hydrogens is 458 g/mol. The first-order valence-electron chi connectivity index (χ1n) is 12.7. The monoisotopic (exact) mass is 497 g/mol. The number of hydrogen-bond acceptors (Lipinski definition) is 10. The van der Waals surface area contributed by atoms with Gasteiger partial charge < -0.3 is 20.0 Å². The standard InChI is InChI=1S/C25H39N9O2/c1-16(2)15-34(18-10-17(11-26-12-18)25(6)30-32-33-31-25)22(35)20-14-28-23(24(3,4)5)29-21(20)27-13-19-8-7-9-36-19/h7-9,14,16-18,26H,10-13,15H2,1-6H3,(H,30,33)(H,31,32)(H,27,28,29). The van der Waals surface area contributed by atoms with Crippen LogP contribution in [0, 0.1) is 11.8 Å². The number of piperidine rings is 1. The lowest BCUT2D eigenvalue weighted by Gasteiger charge is -2.42. The average Bonchev–Trinajstić information content (AvgIpc) is 3.52. The number of anilines is 1. The second kappa shape index (κ2) is 10.5. The largest absolute Gasteiger partial charge is 0.467 e. The van der Waals surface area contributed by atoms with Crippen molar-refractivity contribution in [1.29, 1.82) is 0 Å². The molecule has 4 heterocycles. The minimum Gasteiger partial charge on any atom is -0.467 e. The molecule has 2 aliphatic rings. The van der Waals surface area contributed by atoms with E-state index < -0.39 is 5.66 Å². The van der Waals surface area contributed by atoms with E-state index in [0.717, 1.165) is 18.7 Å². The molecule has 0 saturated carbocycles. The van der Waals surface area contributed by atoms with Crippen LogP contribution in [-0.4, -0.2) is 52.1 Å². The van der Waals surface area contributed by atoms with Crippen LogP contribution in [0.25, 0.3) is 0 Å². The van der Waals surface area contributed by atoms with E-state index in [1.807, 2.05) is 24.0 Å². The normalized spacial score (nSPS) is 24.1. The van der Waals surface area contributed by atoms with E-state index in [1.165, 1.54) is 0 Å². The zero-order valence-corrected chi connectivity index (χ0v) is 22.1. The van der Waals surface area contributed by atoms with Crippen molar-refractivity contribution in [3.8, 4) is 0 Å². The van der Waals surface area contributed by atoms with E-state index >= 15 is 0 Å². The van der Waals surface area contributed by atoms with Gasteiger partial charge >= 0.3 is 0 Å². The second-order valence-electron chi connectivity index (χ2n) is 11.3. The predicted octanol–water partition coefficient (Wildman–Crippen LogP) is 3.25. The molecule has 0 radical (unpaired) electrons. The van der Waals surface area contributed by atoms with Gasteiger partial charge in [0, 0.05) is 43.2 Å². The van der Waals surface area contributed by atoms with Gasteiger partial charge in [0.25, 0.3) is 5.91 Å². The molecule has 11 heteroatoms. The number of amides is 1. The van der Waals surface area contributed by atoms with Gasteiger partial charge in [-0.3, -0.25) is 4.79 Å². The molecule has 3 atom stereocenters. The average molecular weight is 498 g/mol. The molecule has 0 spiro atoms. The van der Waals surface area contributed by atoms with Gasteiger partial charge in [-0.25, -0.2) is 15.5 Å². The predicted molar refractivity (Wildman–Crippen MR) is 137 cm³/mol. The third kappa shape index (κ3) is 5.84. The Hall–Kier alpha value is -3.05. The van der Waals surface area contributed by atoms with Crippen molar-refractivity contribution in [3.05, 3.63) is 41.7 Å². The van der Waals surface area contributed by atoms with Crippen LogP contribution in [0.4, 0.5) is 5.82 Å². The van der Waals surface area contributed by atoms with E-state index in [0.29, 0.717) is 42.8 Å². The first-order chi connectivity index (χ1) is 17.1. The minimum atomic E-state index is -0.522. The van der Waals surface area contributed by atoms with Crippen LogP contribution in [0.2, 0.25) is 0 Å². The van der Waals surface area contributed by atoms with Crippen molar-refractivity contribution in [2.24, 2.45) is 22.2 Å². The Kier molecular flexibility index (Phi) is 7.60. The van der Waals surface area contributed by atoms with Crippen molar-refractivity contribution in [2.75, 3.05) is 25.0 Å². The Morgan fingerprint density at radius 2 is 2.14 bits per heavy atom. The fourth-order valence-corrected chi connectivity index (χ4v) is 4.63. The third-order valence-corrected chi connectivity index (χ3v) is 6.70. The molecule has 4 N–H and O–H groups in total. The molecule has 2 aromatic rings. The van der Waals surface area contributed by atoms with Crippen molar-refractivity contribution >= 4 is 11.7 Å². The van der Waals surface area contributed by atoms with Gasteiger partial charge in [-0.15, -0.1) is 5.11 Å². The molecule has 2 aliphatic heterocycles. The number of nitrogens with zero attached hydrogens (tertiary/aromatic N) is 5. The molecule has 0 aliphatic carbocycles. The van der Waals surface area contributed by atoms with Crippen LogP contribution in [-0.2, 0) is 12.0 Å². The van der Waals surface area contributed by atoms with E-state index in [-0.39, 0.29) is 23.3 Å². The van der Waals surface area contributed by atoms with Gasteiger partial charge in [-0.05, 0) is 31.4 Å². The maximum absolute atomic E-state index is 14.1. The zero-order valence-electron chi connectivity index (χ0n) is 22.1. The van der Waals surface area contributed by atoms with Crippen molar-refractivity contribution in [3.63, 3.8) is 0 Å². The smallest absolute Gasteiger partial charge is 0.259 e. The molecule has 4 rings (SSSR count). The first-order valence-corrected chi connectivity index (χ1v) is 12.7. The first kappa shape index (κ1) is 26.0. The van der Waals surface area contributed by atoms with Gasteiger partial charge in [0.05, 0.1) is 12.8 Å². The highest BCUT2D eigenvalue weighted by Crippen LogP contribution is 2.31. The number of nitrogens with one attached hydrogen (secondary N) is 4. The quantitative estimate of drug-likeness (QED) is 0.437. The molecule has 196 valence electrons. The van der Waals surface area contributed by atoms with Crippen molar-refractivity contribution in [1.82, 2.24) is 31.1 Å². The van der Waals surface area contributed by atoms with Crippen LogP contribution < -0.4 is 21.6 Å². The number of furan rings is 1. The molecule has 11 nitrogen and oxygen atoms in total. The van der Waals surface area contributed by atoms with Crippen molar-refractivity contribution in [2.45, 2.75) is 71.6 Å². The lowest BCUT2D eigenvalue weighted by atomic mass is 9.85. The molecule has 36 heavy (non-hydrogen) atoms. The highest BCUT2D eigenvalue weighted by atomic mass is 16.3.